The van der Waals surface area contributed by atoms with Crippen LogP contribution in [0.1, 0.15) is 30.2 Å². The highest BCUT2D eigenvalue weighted by Crippen LogP contribution is 2.25. The molecular formula is C21H21BrN4O2. The number of rotatable bonds is 4. The Hall–Kier alpha value is -2.54. The fraction of sp³-hybridized carbons (Fsp3) is 0.333. The van der Waals surface area contributed by atoms with E-state index in [2.05, 4.69) is 38.1 Å². The SMILES string of the molecule is C[C@@H]1CCc2nc3ncn(CC(=O)NCc4cccc(Br)c4)c(=O)c3cc2C1. The van der Waals surface area contributed by atoms with Crippen molar-refractivity contribution in [3.63, 3.8) is 0 Å². The average molecular weight is 441 g/mol. The third-order valence-electron chi connectivity index (χ3n) is 5.12. The number of aryl methyl sites for hydroxylation is 1. The third kappa shape index (κ3) is 3.99. The molecule has 28 heavy (non-hydrogen) atoms. The largest absolute Gasteiger partial charge is 0.350 e. The summed E-state index contributed by atoms with van der Waals surface area (Å²) in [5, 5.41) is 3.32. The molecule has 0 unspecified atom stereocenters. The van der Waals surface area contributed by atoms with Gasteiger partial charge in [-0.2, -0.15) is 0 Å². The van der Waals surface area contributed by atoms with Gasteiger partial charge in [0, 0.05) is 16.7 Å². The zero-order valence-electron chi connectivity index (χ0n) is 15.6. The Bertz CT molecular complexity index is 1110. The molecule has 1 aromatic carbocycles. The predicted molar refractivity (Wildman–Crippen MR) is 111 cm³/mol. The molecule has 0 saturated carbocycles. The van der Waals surface area contributed by atoms with Crippen LogP contribution >= 0.6 is 15.9 Å². The van der Waals surface area contributed by atoms with E-state index in [1.165, 1.54) is 10.9 Å². The van der Waals surface area contributed by atoms with E-state index >= 15 is 0 Å². The zero-order valence-corrected chi connectivity index (χ0v) is 17.2. The Kier molecular flexibility index (Phi) is 5.26. The summed E-state index contributed by atoms with van der Waals surface area (Å²) in [7, 11) is 0. The zero-order chi connectivity index (χ0) is 19.7. The molecule has 7 heteroatoms. The molecular weight excluding hydrogens is 420 g/mol. The van der Waals surface area contributed by atoms with Crippen LogP contribution in [0.4, 0.5) is 0 Å². The van der Waals surface area contributed by atoms with Crippen LogP contribution in [0.5, 0.6) is 0 Å². The second-order valence-electron chi connectivity index (χ2n) is 7.40. The number of hydrogen-bond donors (Lipinski definition) is 1. The lowest BCUT2D eigenvalue weighted by Gasteiger charge is -2.20. The molecule has 6 nitrogen and oxygen atoms in total. The highest BCUT2D eigenvalue weighted by Gasteiger charge is 2.19. The number of fused-ring (bicyclic) bond motifs is 2. The molecule has 1 amide bonds. The van der Waals surface area contributed by atoms with Gasteiger partial charge in [0.25, 0.3) is 5.56 Å². The molecule has 0 fully saturated rings. The number of nitrogens with zero attached hydrogens (tertiary/aromatic N) is 3. The van der Waals surface area contributed by atoms with E-state index in [4.69, 9.17) is 0 Å². The summed E-state index contributed by atoms with van der Waals surface area (Å²) in [6.45, 7) is 2.55. The maximum absolute atomic E-state index is 12.8. The molecule has 2 heterocycles. The van der Waals surface area contributed by atoms with Crippen LogP contribution < -0.4 is 10.9 Å². The number of halogens is 1. The Labute approximate surface area is 171 Å². The summed E-state index contributed by atoms with van der Waals surface area (Å²) < 4.78 is 2.30. The smallest absolute Gasteiger partial charge is 0.263 e. The van der Waals surface area contributed by atoms with Gasteiger partial charge in [-0.1, -0.05) is 35.0 Å². The maximum Gasteiger partial charge on any atom is 0.263 e. The van der Waals surface area contributed by atoms with Gasteiger partial charge in [0.05, 0.1) is 5.39 Å². The quantitative estimate of drug-likeness (QED) is 0.676. The van der Waals surface area contributed by atoms with Crippen molar-refractivity contribution in [1.29, 1.82) is 0 Å². The van der Waals surface area contributed by atoms with Crippen molar-refractivity contribution in [2.45, 2.75) is 39.3 Å². The van der Waals surface area contributed by atoms with E-state index in [0.717, 1.165) is 40.6 Å². The number of hydrogen-bond acceptors (Lipinski definition) is 4. The molecule has 3 aromatic rings. The van der Waals surface area contributed by atoms with Crippen LogP contribution in [0.2, 0.25) is 0 Å². The van der Waals surface area contributed by atoms with Gasteiger partial charge < -0.3 is 5.32 Å². The highest BCUT2D eigenvalue weighted by molar-refractivity contribution is 9.10. The van der Waals surface area contributed by atoms with Crippen LogP contribution in [0, 0.1) is 5.92 Å². The van der Waals surface area contributed by atoms with Crippen LogP contribution in [-0.2, 0) is 30.7 Å². The summed E-state index contributed by atoms with van der Waals surface area (Å²) in [5.41, 5.74) is 3.39. The molecule has 1 aliphatic carbocycles. The van der Waals surface area contributed by atoms with Gasteiger partial charge in [0.1, 0.15) is 12.9 Å². The minimum Gasteiger partial charge on any atom is -0.350 e. The van der Waals surface area contributed by atoms with Crippen molar-refractivity contribution in [3.8, 4) is 0 Å². The molecule has 4 rings (SSSR count). The van der Waals surface area contributed by atoms with E-state index < -0.39 is 0 Å². The minimum absolute atomic E-state index is 0.0662. The second kappa shape index (κ2) is 7.83. The molecule has 0 bridgehead atoms. The monoisotopic (exact) mass is 440 g/mol. The molecule has 144 valence electrons. The van der Waals surface area contributed by atoms with Gasteiger partial charge in [0.2, 0.25) is 5.91 Å². The molecule has 2 aromatic heterocycles. The minimum atomic E-state index is -0.234. The standard InChI is InChI=1S/C21H21BrN4O2/c1-13-5-6-18-15(7-13)9-17-20(25-18)24-12-26(21(17)28)11-19(27)23-10-14-3-2-4-16(22)8-14/h2-4,8-9,12-13H,5-7,10-11H2,1H3,(H,23,27)/t13-/m1/s1. The number of amides is 1. The molecule has 0 spiro atoms. The lowest BCUT2D eigenvalue weighted by molar-refractivity contribution is -0.121. The van der Waals surface area contributed by atoms with Crippen molar-refractivity contribution in [1.82, 2.24) is 19.9 Å². The van der Waals surface area contributed by atoms with Gasteiger partial charge in [-0.15, -0.1) is 0 Å². The fourth-order valence-corrected chi connectivity index (χ4v) is 4.04. The van der Waals surface area contributed by atoms with E-state index in [-0.39, 0.29) is 18.0 Å². The molecule has 1 aliphatic rings. The Morgan fingerprint density at radius 1 is 1.36 bits per heavy atom. The number of aromatic nitrogens is 3. The molecule has 1 atom stereocenters. The maximum atomic E-state index is 12.8. The van der Waals surface area contributed by atoms with Crippen molar-refractivity contribution < 1.29 is 4.79 Å². The Balaban J connectivity index is 1.53. The molecule has 1 N–H and O–H groups in total. The first kappa shape index (κ1) is 18.8. The predicted octanol–water partition coefficient (Wildman–Crippen LogP) is 3.00. The fourth-order valence-electron chi connectivity index (χ4n) is 3.59. The van der Waals surface area contributed by atoms with Gasteiger partial charge in [0.15, 0.2) is 5.65 Å². The van der Waals surface area contributed by atoms with Crippen LogP contribution in [0.25, 0.3) is 11.0 Å². The van der Waals surface area contributed by atoms with E-state index in [9.17, 15) is 9.59 Å². The van der Waals surface area contributed by atoms with Gasteiger partial charge in [-0.05, 0) is 54.5 Å². The highest BCUT2D eigenvalue weighted by atomic mass is 79.9. The van der Waals surface area contributed by atoms with E-state index in [0.29, 0.717) is 23.5 Å². The summed E-state index contributed by atoms with van der Waals surface area (Å²) in [6.07, 6.45) is 4.38. The first-order valence-electron chi connectivity index (χ1n) is 9.38. The van der Waals surface area contributed by atoms with Gasteiger partial charge >= 0.3 is 0 Å². The third-order valence-corrected chi connectivity index (χ3v) is 5.61. The normalized spacial score (nSPS) is 16.0. The van der Waals surface area contributed by atoms with Gasteiger partial charge in [-0.3, -0.25) is 14.2 Å². The summed E-state index contributed by atoms with van der Waals surface area (Å²) >= 11 is 3.41. The van der Waals surface area contributed by atoms with Crippen LogP contribution in [0.3, 0.4) is 0 Å². The summed E-state index contributed by atoms with van der Waals surface area (Å²) in [4.78, 5) is 34.1. The number of nitrogens with one attached hydrogen (secondary N) is 1. The van der Waals surface area contributed by atoms with Crippen molar-refractivity contribution in [2.75, 3.05) is 0 Å². The van der Waals surface area contributed by atoms with E-state index in [1.807, 2.05) is 30.3 Å². The second-order valence-corrected chi connectivity index (χ2v) is 8.31. The van der Waals surface area contributed by atoms with Crippen LogP contribution in [-0.4, -0.2) is 20.4 Å². The molecule has 0 saturated heterocycles. The van der Waals surface area contributed by atoms with Crippen LogP contribution in [0.15, 0.2) is 45.9 Å². The van der Waals surface area contributed by atoms with Crippen molar-refractivity contribution in [3.05, 3.63) is 68.3 Å². The lowest BCUT2D eigenvalue weighted by Crippen LogP contribution is -2.32. The Morgan fingerprint density at radius 2 is 2.21 bits per heavy atom. The number of benzene rings is 1. The van der Waals surface area contributed by atoms with Gasteiger partial charge in [-0.25, -0.2) is 9.97 Å². The number of carbonyl (C=O) groups excluding carboxylic acids is 1. The number of pyridine rings is 1. The summed E-state index contributed by atoms with van der Waals surface area (Å²) in [5.74, 6) is 0.359. The lowest BCUT2D eigenvalue weighted by atomic mass is 9.87. The van der Waals surface area contributed by atoms with Crippen molar-refractivity contribution in [2.24, 2.45) is 5.92 Å². The summed E-state index contributed by atoms with van der Waals surface area (Å²) in [6, 6.07) is 9.64. The Morgan fingerprint density at radius 3 is 3.04 bits per heavy atom. The first-order chi connectivity index (χ1) is 13.5. The first-order valence-corrected chi connectivity index (χ1v) is 10.2. The van der Waals surface area contributed by atoms with Crippen molar-refractivity contribution >= 4 is 32.9 Å². The number of carbonyl (C=O) groups is 1. The molecule has 0 aliphatic heterocycles. The average Bonchev–Trinajstić information content (AvgIpc) is 2.68. The topological polar surface area (TPSA) is 76.9 Å². The van der Waals surface area contributed by atoms with E-state index in [1.54, 1.807) is 0 Å². The molecule has 0 radical (unpaired) electrons.